The lowest BCUT2D eigenvalue weighted by molar-refractivity contribution is -0.145. The number of nitrogens with two attached hydrogens (primary N) is 1. The standard InChI is InChI=1S/C17H27N4O9P.C4H10.C2H6/c1-3-26-14(23)8-19-31(29-10-15(24)27-4-2)28-9-11-7-12(22)16(30-11)21-6-5-13(18)20-17(21)25;1-4(2)3;1-2/h5-6,11-12,16,19,22H,3-4,7-10H2,1-2H3,(H2,18,20,25);4H,1-3H3;1-2H3. The van der Waals surface area contributed by atoms with Crippen molar-refractivity contribution in [2.45, 2.75) is 73.3 Å². The maximum atomic E-state index is 12.0. The third-order valence-corrected chi connectivity index (χ3v) is 5.10. The Labute approximate surface area is 219 Å². The largest absolute Gasteiger partial charge is 0.465 e. The Morgan fingerprint density at radius 1 is 1.22 bits per heavy atom. The maximum Gasteiger partial charge on any atom is 0.351 e. The summed E-state index contributed by atoms with van der Waals surface area (Å²) in [5, 5.41) is 13.0. The number of hydrogen-bond donors (Lipinski definition) is 3. The van der Waals surface area contributed by atoms with Crippen molar-refractivity contribution in [2.24, 2.45) is 5.92 Å². The van der Waals surface area contributed by atoms with E-state index in [1.807, 2.05) is 13.8 Å². The molecule has 1 aromatic heterocycles. The SMILES string of the molecule is CC.CC(C)C.CCOC(=O)CNP(OCC(=O)OCC)OCC1CC(O)C(n2ccc(N)nc2=O)O1. The summed E-state index contributed by atoms with van der Waals surface area (Å²) < 4.78 is 27.5. The third-order valence-electron chi connectivity index (χ3n) is 3.93. The fourth-order valence-corrected chi connectivity index (χ4v) is 3.68. The molecule has 4 N–H and O–H groups in total. The molecule has 0 radical (unpaired) electrons. The van der Waals surface area contributed by atoms with Gasteiger partial charge in [-0.2, -0.15) is 4.98 Å². The van der Waals surface area contributed by atoms with Crippen molar-refractivity contribution in [2.75, 3.05) is 38.7 Å². The lowest BCUT2D eigenvalue weighted by Gasteiger charge is -2.20. The minimum atomic E-state index is -1.87. The highest BCUT2D eigenvalue weighted by molar-refractivity contribution is 7.45. The van der Waals surface area contributed by atoms with Crippen LogP contribution in [0.1, 0.15) is 61.1 Å². The zero-order valence-corrected chi connectivity index (χ0v) is 23.7. The first kappa shape index (κ1) is 34.9. The minimum Gasteiger partial charge on any atom is -0.465 e. The first-order valence-electron chi connectivity index (χ1n) is 12.4. The van der Waals surface area contributed by atoms with Gasteiger partial charge in [0, 0.05) is 12.6 Å². The number of hydrogen-bond acceptors (Lipinski definition) is 12. The Morgan fingerprint density at radius 2 is 1.81 bits per heavy atom. The van der Waals surface area contributed by atoms with Crippen molar-refractivity contribution in [1.29, 1.82) is 0 Å². The van der Waals surface area contributed by atoms with E-state index in [9.17, 15) is 19.5 Å². The monoisotopic (exact) mass is 550 g/mol. The molecule has 1 fully saturated rings. The summed E-state index contributed by atoms with van der Waals surface area (Å²) in [5.41, 5.74) is 4.82. The first-order chi connectivity index (χ1) is 17.6. The second-order valence-electron chi connectivity index (χ2n) is 8.00. The van der Waals surface area contributed by atoms with Crippen LogP contribution in [0.4, 0.5) is 5.82 Å². The number of aliphatic hydroxyl groups excluding tert-OH is 1. The molecule has 4 atom stereocenters. The molecule has 1 aromatic rings. The van der Waals surface area contributed by atoms with Gasteiger partial charge in [-0.3, -0.25) is 9.36 Å². The smallest absolute Gasteiger partial charge is 0.351 e. The number of aromatic nitrogens is 2. The average Bonchev–Trinajstić information content (AvgIpc) is 3.20. The van der Waals surface area contributed by atoms with Crippen molar-refractivity contribution in [3.63, 3.8) is 0 Å². The summed E-state index contributed by atoms with van der Waals surface area (Å²) in [6.45, 7) is 13.7. The number of rotatable bonds is 12. The van der Waals surface area contributed by atoms with Crippen LogP contribution in [-0.4, -0.2) is 71.8 Å². The minimum absolute atomic E-state index is 0.0327. The topological polar surface area (TPSA) is 173 Å². The van der Waals surface area contributed by atoms with Crippen LogP contribution in [0.25, 0.3) is 0 Å². The predicted molar refractivity (Wildman–Crippen MR) is 139 cm³/mol. The summed E-state index contributed by atoms with van der Waals surface area (Å²) in [4.78, 5) is 38.7. The normalized spacial score (nSPS) is 19.2. The van der Waals surface area contributed by atoms with Crippen LogP contribution >= 0.6 is 8.53 Å². The molecule has 0 amide bonds. The Hall–Kier alpha value is -2.15. The third kappa shape index (κ3) is 15.0. The van der Waals surface area contributed by atoms with Crippen LogP contribution in [0.5, 0.6) is 0 Å². The van der Waals surface area contributed by atoms with Gasteiger partial charge in [0.05, 0.1) is 25.9 Å². The maximum absolute atomic E-state index is 12.0. The Kier molecular flexibility index (Phi) is 18.7. The molecule has 1 aliphatic rings. The molecule has 14 heteroatoms. The molecule has 0 bridgehead atoms. The number of anilines is 1. The van der Waals surface area contributed by atoms with Crippen LogP contribution in [0.15, 0.2) is 17.1 Å². The van der Waals surface area contributed by atoms with Crippen LogP contribution in [0.2, 0.25) is 0 Å². The van der Waals surface area contributed by atoms with Gasteiger partial charge in [0.2, 0.25) is 0 Å². The quantitative estimate of drug-likeness (QED) is 0.256. The summed E-state index contributed by atoms with van der Waals surface area (Å²) in [6.07, 6.45) is -0.937. The molecule has 37 heavy (non-hydrogen) atoms. The van der Waals surface area contributed by atoms with Gasteiger partial charge in [-0.05, 0) is 25.8 Å². The first-order valence-corrected chi connectivity index (χ1v) is 13.5. The number of nitrogens with zero attached hydrogens (tertiary/aromatic N) is 2. The fourth-order valence-electron chi connectivity index (χ4n) is 2.64. The van der Waals surface area contributed by atoms with Gasteiger partial charge in [0.15, 0.2) is 12.8 Å². The van der Waals surface area contributed by atoms with Gasteiger partial charge in [-0.25, -0.2) is 14.7 Å². The van der Waals surface area contributed by atoms with Crippen LogP contribution in [0, 0.1) is 5.92 Å². The second-order valence-corrected chi connectivity index (χ2v) is 9.34. The van der Waals surface area contributed by atoms with E-state index in [1.165, 1.54) is 12.3 Å². The Morgan fingerprint density at radius 3 is 2.38 bits per heavy atom. The van der Waals surface area contributed by atoms with Gasteiger partial charge in [-0.1, -0.05) is 34.6 Å². The van der Waals surface area contributed by atoms with Crippen LogP contribution in [0.3, 0.4) is 0 Å². The molecular formula is C23H43N4O9P. The van der Waals surface area contributed by atoms with Crippen molar-refractivity contribution in [3.05, 3.63) is 22.7 Å². The van der Waals surface area contributed by atoms with E-state index in [0.717, 1.165) is 10.5 Å². The number of ether oxygens (including phenoxy) is 3. The number of aliphatic hydroxyl groups is 1. The van der Waals surface area contributed by atoms with E-state index in [4.69, 9.17) is 29.0 Å². The van der Waals surface area contributed by atoms with E-state index in [2.05, 4.69) is 30.8 Å². The second kappa shape index (κ2) is 19.9. The van der Waals surface area contributed by atoms with E-state index in [0.29, 0.717) is 0 Å². The molecule has 1 aliphatic heterocycles. The van der Waals surface area contributed by atoms with Crippen molar-refractivity contribution >= 4 is 26.3 Å². The highest BCUT2D eigenvalue weighted by Gasteiger charge is 2.36. The van der Waals surface area contributed by atoms with E-state index < -0.39 is 44.6 Å². The Bertz CT molecular complexity index is 816. The number of nitrogens with one attached hydrogen (secondary N) is 1. The van der Waals surface area contributed by atoms with Gasteiger partial charge < -0.3 is 34.1 Å². The molecule has 0 aliphatic carbocycles. The molecular weight excluding hydrogens is 507 g/mol. The van der Waals surface area contributed by atoms with Crippen LogP contribution in [-0.2, 0) is 32.8 Å². The van der Waals surface area contributed by atoms with Crippen molar-refractivity contribution < 1.29 is 38.0 Å². The van der Waals surface area contributed by atoms with Crippen molar-refractivity contribution in [1.82, 2.24) is 14.6 Å². The molecule has 2 heterocycles. The van der Waals surface area contributed by atoms with Gasteiger partial charge in [0.25, 0.3) is 8.53 Å². The van der Waals surface area contributed by atoms with Gasteiger partial charge in [-0.15, -0.1) is 0 Å². The number of esters is 2. The number of carbonyl (C=O) groups excluding carboxylic acids is 2. The molecule has 2 rings (SSSR count). The fraction of sp³-hybridized carbons (Fsp3) is 0.739. The number of nitrogen functional groups attached to an aromatic ring is 1. The summed E-state index contributed by atoms with van der Waals surface area (Å²) in [5.74, 6) is -0.203. The molecule has 4 unspecified atom stereocenters. The predicted octanol–water partition coefficient (Wildman–Crippen LogP) is 2.14. The molecule has 0 spiro atoms. The summed E-state index contributed by atoms with van der Waals surface area (Å²) in [6, 6.07) is 1.42. The highest BCUT2D eigenvalue weighted by atomic mass is 31.2. The van der Waals surface area contributed by atoms with Gasteiger partial charge in [0.1, 0.15) is 18.5 Å². The summed E-state index contributed by atoms with van der Waals surface area (Å²) >= 11 is 0. The molecule has 1 saturated heterocycles. The zero-order chi connectivity index (χ0) is 28.4. The summed E-state index contributed by atoms with van der Waals surface area (Å²) in [7, 11) is -1.87. The molecule has 0 aromatic carbocycles. The van der Waals surface area contributed by atoms with Gasteiger partial charge >= 0.3 is 17.6 Å². The van der Waals surface area contributed by atoms with E-state index in [1.54, 1.807) is 13.8 Å². The zero-order valence-electron chi connectivity index (χ0n) is 22.8. The highest BCUT2D eigenvalue weighted by Crippen LogP contribution is 2.36. The lowest BCUT2D eigenvalue weighted by Crippen LogP contribution is -2.31. The van der Waals surface area contributed by atoms with E-state index in [-0.39, 0.29) is 45.2 Å². The molecule has 214 valence electrons. The van der Waals surface area contributed by atoms with E-state index >= 15 is 0 Å². The average molecular weight is 551 g/mol. The lowest BCUT2D eigenvalue weighted by atomic mass is 10.2. The Balaban J connectivity index is 0.00000196. The number of carbonyl (C=O) groups is 2. The van der Waals surface area contributed by atoms with Crippen LogP contribution < -0.4 is 16.5 Å². The molecule has 13 nitrogen and oxygen atoms in total. The van der Waals surface area contributed by atoms with Crippen molar-refractivity contribution in [3.8, 4) is 0 Å². The molecule has 0 saturated carbocycles.